The zero-order chi connectivity index (χ0) is 16.4. The molecule has 1 fully saturated rings. The van der Waals surface area contributed by atoms with Crippen LogP contribution in [0.4, 0.5) is 4.39 Å². The average molecular weight is 318 g/mol. The number of hydrogen-bond donors (Lipinski definition) is 1. The summed E-state index contributed by atoms with van der Waals surface area (Å²) in [4.78, 5) is 12.3. The second-order valence-corrected chi connectivity index (χ2v) is 5.66. The summed E-state index contributed by atoms with van der Waals surface area (Å²) in [5.74, 6) is -0.611. The Morgan fingerprint density at radius 3 is 3.04 bits per heavy atom. The van der Waals surface area contributed by atoms with Gasteiger partial charge in [0.15, 0.2) is 5.69 Å². The van der Waals surface area contributed by atoms with Crippen LogP contribution in [0.25, 0.3) is 5.69 Å². The van der Waals surface area contributed by atoms with Crippen molar-refractivity contribution < 1.29 is 13.9 Å². The molecule has 1 atom stereocenters. The molecule has 1 aromatic carbocycles. The molecule has 122 valence electrons. The Morgan fingerprint density at radius 1 is 1.48 bits per heavy atom. The Labute approximate surface area is 133 Å². The van der Waals surface area contributed by atoms with Gasteiger partial charge in [-0.05, 0) is 38.8 Å². The van der Waals surface area contributed by atoms with Crippen molar-refractivity contribution in [3.8, 4) is 5.69 Å². The minimum atomic E-state index is -0.318. The largest absolute Gasteiger partial charge is 0.376 e. The van der Waals surface area contributed by atoms with Gasteiger partial charge in [-0.1, -0.05) is 11.3 Å². The second kappa shape index (κ2) is 6.45. The zero-order valence-electron chi connectivity index (χ0n) is 13.2. The number of nitrogens with zero attached hydrogens (tertiary/aromatic N) is 3. The van der Waals surface area contributed by atoms with Crippen LogP contribution in [0.3, 0.4) is 0 Å². The number of rotatable bonds is 4. The first kappa shape index (κ1) is 15.6. The van der Waals surface area contributed by atoms with Crippen LogP contribution in [0.15, 0.2) is 18.2 Å². The van der Waals surface area contributed by atoms with Crippen molar-refractivity contribution in [2.75, 3.05) is 13.2 Å². The Bertz CT molecular complexity index is 723. The summed E-state index contributed by atoms with van der Waals surface area (Å²) in [6.07, 6.45) is 2.04. The summed E-state index contributed by atoms with van der Waals surface area (Å²) in [5.41, 5.74) is 1.86. The second-order valence-electron chi connectivity index (χ2n) is 5.66. The smallest absolute Gasteiger partial charge is 0.273 e. The highest BCUT2D eigenvalue weighted by molar-refractivity contribution is 5.93. The molecule has 1 amide bonds. The van der Waals surface area contributed by atoms with Crippen molar-refractivity contribution in [1.82, 2.24) is 20.3 Å². The third kappa shape index (κ3) is 3.10. The lowest BCUT2D eigenvalue weighted by molar-refractivity contribution is 0.0853. The van der Waals surface area contributed by atoms with Crippen LogP contribution >= 0.6 is 0 Å². The summed E-state index contributed by atoms with van der Waals surface area (Å²) >= 11 is 0. The number of carbonyl (C=O) groups excluding carboxylic acids is 1. The van der Waals surface area contributed by atoms with E-state index in [0.29, 0.717) is 23.5 Å². The van der Waals surface area contributed by atoms with E-state index in [1.54, 1.807) is 26.0 Å². The van der Waals surface area contributed by atoms with Gasteiger partial charge in [-0.2, -0.15) is 0 Å². The first-order valence-electron chi connectivity index (χ1n) is 7.65. The van der Waals surface area contributed by atoms with Gasteiger partial charge in [-0.15, -0.1) is 5.10 Å². The van der Waals surface area contributed by atoms with E-state index < -0.39 is 0 Å². The van der Waals surface area contributed by atoms with E-state index in [0.717, 1.165) is 19.4 Å². The lowest BCUT2D eigenvalue weighted by Gasteiger charge is -2.10. The molecule has 0 aliphatic carbocycles. The molecule has 1 unspecified atom stereocenters. The summed E-state index contributed by atoms with van der Waals surface area (Å²) in [6, 6.07) is 4.74. The normalized spacial score (nSPS) is 17.4. The van der Waals surface area contributed by atoms with Gasteiger partial charge >= 0.3 is 0 Å². The van der Waals surface area contributed by atoms with Crippen LogP contribution in [0.5, 0.6) is 0 Å². The molecule has 2 aromatic rings. The number of amides is 1. The molecule has 1 aliphatic heterocycles. The van der Waals surface area contributed by atoms with Crippen LogP contribution in [0, 0.1) is 19.7 Å². The topological polar surface area (TPSA) is 69.0 Å². The monoisotopic (exact) mass is 318 g/mol. The summed E-state index contributed by atoms with van der Waals surface area (Å²) in [5, 5.41) is 10.8. The molecule has 3 rings (SSSR count). The molecule has 0 spiro atoms. The van der Waals surface area contributed by atoms with Crippen molar-refractivity contribution in [3.05, 3.63) is 41.0 Å². The van der Waals surface area contributed by atoms with Gasteiger partial charge in [0.05, 0.1) is 17.5 Å². The fourth-order valence-corrected chi connectivity index (χ4v) is 2.69. The standard InChI is InChI=1S/C16H19FN4O2/c1-10-13(17)6-3-7-14(10)21-11(2)15(19-20-21)16(22)18-9-12-5-4-8-23-12/h3,6-7,12H,4-5,8-9H2,1-2H3,(H,18,22). The fourth-order valence-electron chi connectivity index (χ4n) is 2.69. The molecule has 0 saturated carbocycles. The highest BCUT2D eigenvalue weighted by atomic mass is 19.1. The Hall–Kier alpha value is -2.28. The number of aromatic nitrogens is 3. The summed E-state index contributed by atoms with van der Waals surface area (Å²) < 4.78 is 20.7. The quantitative estimate of drug-likeness (QED) is 0.935. The summed E-state index contributed by atoms with van der Waals surface area (Å²) in [7, 11) is 0. The van der Waals surface area contributed by atoms with Crippen molar-refractivity contribution in [3.63, 3.8) is 0 Å². The fraction of sp³-hybridized carbons (Fsp3) is 0.438. The number of benzene rings is 1. The molecule has 23 heavy (non-hydrogen) atoms. The van der Waals surface area contributed by atoms with Gasteiger partial charge in [-0.25, -0.2) is 9.07 Å². The van der Waals surface area contributed by atoms with Crippen molar-refractivity contribution in [2.24, 2.45) is 0 Å². The minimum absolute atomic E-state index is 0.0692. The molecule has 1 aromatic heterocycles. The molecule has 1 N–H and O–H groups in total. The van der Waals surface area contributed by atoms with E-state index in [2.05, 4.69) is 15.6 Å². The van der Waals surface area contributed by atoms with Crippen LogP contribution in [0.2, 0.25) is 0 Å². The number of halogens is 1. The maximum atomic E-state index is 13.7. The number of hydrogen-bond acceptors (Lipinski definition) is 4. The van der Waals surface area contributed by atoms with Crippen molar-refractivity contribution >= 4 is 5.91 Å². The predicted molar refractivity (Wildman–Crippen MR) is 82.1 cm³/mol. The highest BCUT2D eigenvalue weighted by Gasteiger charge is 2.21. The maximum Gasteiger partial charge on any atom is 0.273 e. The first-order chi connectivity index (χ1) is 11.1. The minimum Gasteiger partial charge on any atom is -0.376 e. The Morgan fingerprint density at radius 2 is 2.30 bits per heavy atom. The maximum absolute atomic E-state index is 13.7. The molecule has 0 bridgehead atoms. The van der Waals surface area contributed by atoms with Gasteiger partial charge in [-0.3, -0.25) is 4.79 Å². The van der Waals surface area contributed by atoms with Crippen LogP contribution in [-0.4, -0.2) is 40.2 Å². The van der Waals surface area contributed by atoms with Crippen molar-refractivity contribution in [2.45, 2.75) is 32.8 Å². The van der Waals surface area contributed by atoms with E-state index in [-0.39, 0.29) is 23.5 Å². The first-order valence-corrected chi connectivity index (χ1v) is 7.65. The Kier molecular flexibility index (Phi) is 4.38. The van der Waals surface area contributed by atoms with Gasteiger partial charge in [0.1, 0.15) is 5.82 Å². The molecule has 2 heterocycles. The molecule has 6 nitrogen and oxygen atoms in total. The lowest BCUT2D eigenvalue weighted by Crippen LogP contribution is -2.32. The third-order valence-corrected chi connectivity index (χ3v) is 4.09. The lowest BCUT2D eigenvalue weighted by atomic mass is 10.2. The zero-order valence-corrected chi connectivity index (χ0v) is 13.2. The molecule has 7 heteroatoms. The van der Waals surface area contributed by atoms with Gasteiger partial charge in [0.25, 0.3) is 5.91 Å². The van der Waals surface area contributed by atoms with Crippen LogP contribution < -0.4 is 5.32 Å². The van der Waals surface area contributed by atoms with Crippen molar-refractivity contribution in [1.29, 1.82) is 0 Å². The molecule has 0 radical (unpaired) electrons. The highest BCUT2D eigenvalue weighted by Crippen LogP contribution is 2.19. The molecule has 1 saturated heterocycles. The van der Waals surface area contributed by atoms with Crippen LogP contribution in [-0.2, 0) is 4.74 Å². The summed E-state index contributed by atoms with van der Waals surface area (Å²) in [6.45, 7) is 4.62. The van der Waals surface area contributed by atoms with E-state index >= 15 is 0 Å². The van der Waals surface area contributed by atoms with Gasteiger partial charge < -0.3 is 10.1 Å². The van der Waals surface area contributed by atoms with Gasteiger partial charge in [0, 0.05) is 18.7 Å². The number of ether oxygens (including phenoxy) is 1. The third-order valence-electron chi connectivity index (χ3n) is 4.09. The number of nitrogens with one attached hydrogen (secondary N) is 1. The molecular formula is C16H19FN4O2. The molecule has 1 aliphatic rings. The predicted octanol–water partition coefficient (Wildman–Crippen LogP) is 1.93. The Balaban J connectivity index is 1.78. The van der Waals surface area contributed by atoms with Crippen LogP contribution in [0.1, 0.15) is 34.6 Å². The van der Waals surface area contributed by atoms with E-state index in [1.165, 1.54) is 10.7 Å². The average Bonchev–Trinajstić information content (AvgIpc) is 3.18. The van der Waals surface area contributed by atoms with E-state index in [4.69, 9.17) is 4.74 Å². The van der Waals surface area contributed by atoms with E-state index in [9.17, 15) is 9.18 Å². The molecular weight excluding hydrogens is 299 g/mol. The van der Waals surface area contributed by atoms with E-state index in [1.807, 2.05) is 0 Å². The SMILES string of the molecule is Cc1c(F)cccc1-n1nnc(C(=O)NCC2CCCO2)c1C. The number of carbonyl (C=O) groups is 1. The van der Waals surface area contributed by atoms with Gasteiger partial charge in [0.2, 0.25) is 0 Å².